The van der Waals surface area contributed by atoms with Gasteiger partial charge in [-0.2, -0.15) is 0 Å². The van der Waals surface area contributed by atoms with Gasteiger partial charge in [0.1, 0.15) is 23.8 Å². The molecule has 1 atom stereocenters. The maximum atomic E-state index is 13.3. The summed E-state index contributed by atoms with van der Waals surface area (Å²) in [5.41, 5.74) is 4.34. The molecular formula is C33H32N2O7. The predicted octanol–water partition coefficient (Wildman–Crippen LogP) is 5.68. The number of benzene rings is 3. The molecule has 9 nitrogen and oxygen atoms in total. The predicted molar refractivity (Wildman–Crippen MR) is 158 cm³/mol. The van der Waals surface area contributed by atoms with Crippen molar-refractivity contribution in [2.75, 3.05) is 11.9 Å². The van der Waals surface area contributed by atoms with Crippen molar-refractivity contribution in [2.24, 2.45) is 0 Å². The minimum absolute atomic E-state index is 0.0453. The number of amides is 2. The van der Waals surface area contributed by atoms with Gasteiger partial charge in [0.2, 0.25) is 5.91 Å². The van der Waals surface area contributed by atoms with Crippen LogP contribution in [0.4, 0.5) is 10.5 Å². The zero-order valence-corrected chi connectivity index (χ0v) is 23.9. The molecule has 0 aliphatic heterocycles. The Bertz CT molecular complexity index is 1690. The fourth-order valence-corrected chi connectivity index (χ4v) is 5.17. The van der Waals surface area contributed by atoms with Crippen molar-refractivity contribution >= 4 is 34.6 Å². The first kappa shape index (κ1) is 28.6. The molecule has 0 spiro atoms. The first-order chi connectivity index (χ1) is 20.0. The molecule has 5 rings (SSSR count). The number of fused-ring (bicyclic) bond motifs is 4. The molecule has 2 amide bonds. The molecular weight excluding hydrogens is 536 g/mol. The molecule has 216 valence electrons. The fourth-order valence-electron chi connectivity index (χ4n) is 5.17. The number of carbonyl (C=O) groups is 3. The van der Waals surface area contributed by atoms with E-state index >= 15 is 0 Å². The number of rotatable bonds is 7. The van der Waals surface area contributed by atoms with E-state index in [0.717, 1.165) is 33.2 Å². The highest BCUT2D eigenvalue weighted by Gasteiger charge is 2.31. The first-order valence-corrected chi connectivity index (χ1v) is 13.7. The van der Waals surface area contributed by atoms with E-state index in [1.807, 2.05) is 48.5 Å². The monoisotopic (exact) mass is 568 g/mol. The Morgan fingerprint density at radius 2 is 1.57 bits per heavy atom. The number of hydrogen-bond donors (Lipinski definition) is 2. The highest BCUT2D eigenvalue weighted by Crippen LogP contribution is 2.44. The molecule has 0 saturated heterocycles. The molecule has 1 aliphatic carbocycles. The van der Waals surface area contributed by atoms with Crippen LogP contribution < -0.4 is 16.3 Å². The normalized spacial score (nSPS) is 13.1. The van der Waals surface area contributed by atoms with Crippen molar-refractivity contribution in [1.82, 2.24) is 5.32 Å². The minimum Gasteiger partial charge on any atom is -0.460 e. The summed E-state index contributed by atoms with van der Waals surface area (Å²) in [6.07, 6.45) is -1.27. The van der Waals surface area contributed by atoms with Gasteiger partial charge in [-0.3, -0.25) is 9.59 Å². The van der Waals surface area contributed by atoms with Crippen LogP contribution in [0.25, 0.3) is 22.1 Å². The van der Waals surface area contributed by atoms with E-state index in [1.165, 1.54) is 12.1 Å². The number of anilines is 1. The zero-order chi connectivity index (χ0) is 30.0. The average Bonchev–Trinajstić information content (AvgIpc) is 3.24. The third kappa shape index (κ3) is 6.35. The molecule has 1 aromatic heterocycles. The molecule has 2 N–H and O–H groups in total. The van der Waals surface area contributed by atoms with Crippen LogP contribution in [0, 0.1) is 6.92 Å². The van der Waals surface area contributed by atoms with Crippen LogP contribution >= 0.6 is 0 Å². The first-order valence-electron chi connectivity index (χ1n) is 13.7. The van der Waals surface area contributed by atoms with Crippen LogP contribution in [0.3, 0.4) is 0 Å². The SMILES string of the molecule is Cc1cc(=O)oc2cc(NC(=O)[C@H](CC(=O)OC(C)(C)C)NC(=O)OCC3c4ccccc4-c4ccccc43)ccc12. The van der Waals surface area contributed by atoms with Gasteiger partial charge in [0.15, 0.2) is 0 Å². The van der Waals surface area contributed by atoms with Crippen LogP contribution in [0.2, 0.25) is 0 Å². The second-order valence-electron chi connectivity index (χ2n) is 11.3. The summed E-state index contributed by atoms with van der Waals surface area (Å²) in [7, 11) is 0. The number of alkyl carbamates (subject to hydrolysis) is 1. The van der Waals surface area contributed by atoms with Crippen molar-refractivity contribution < 1.29 is 28.3 Å². The van der Waals surface area contributed by atoms with Gasteiger partial charge in [0, 0.05) is 29.1 Å². The summed E-state index contributed by atoms with van der Waals surface area (Å²) in [5.74, 6) is -1.50. The fraction of sp³-hybridized carbons (Fsp3) is 0.273. The van der Waals surface area contributed by atoms with E-state index < -0.39 is 41.7 Å². The van der Waals surface area contributed by atoms with E-state index in [0.29, 0.717) is 11.3 Å². The summed E-state index contributed by atoms with van der Waals surface area (Å²) in [5, 5.41) is 5.94. The van der Waals surface area contributed by atoms with Crippen molar-refractivity contribution in [3.05, 3.63) is 99.9 Å². The summed E-state index contributed by atoms with van der Waals surface area (Å²) < 4.78 is 16.3. The Kier molecular flexibility index (Phi) is 7.85. The lowest BCUT2D eigenvalue weighted by molar-refractivity contribution is -0.156. The van der Waals surface area contributed by atoms with Crippen LogP contribution in [-0.2, 0) is 19.1 Å². The molecule has 0 bridgehead atoms. The summed E-state index contributed by atoms with van der Waals surface area (Å²) >= 11 is 0. The molecule has 0 fully saturated rings. The standard InChI is InChI=1S/C33H32N2O7/c1-19-15-29(36)41-28-16-20(13-14-21(19)28)34-31(38)27(17-30(37)42-33(2,3)4)35-32(39)40-18-26-24-11-7-5-9-22(24)23-10-6-8-12-25(23)26/h5-16,26-27H,17-18H2,1-4H3,(H,34,38)(H,35,39)/t27-/m0/s1. The van der Waals surface area contributed by atoms with E-state index in [1.54, 1.807) is 39.8 Å². The Morgan fingerprint density at radius 3 is 2.21 bits per heavy atom. The molecule has 3 aromatic carbocycles. The topological polar surface area (TPSA) is 124 Å². The Morgan fingerprint density at radius 1 is 0.929 bits per heavy atom. The second-order valence-corrected chi connectivity index (χ2v) is 11.3. The van der Waals surface area contributed by atoms with E-state index in [-0.39, 0.29) is 12.5 Å². The van der Waals surface area contributed by atoms with E-state index in [9.17, 15) is 19.2 Å². The Labute approximate surface area is 242 Å². The molecule has 0 saturated carbocycles. The number of carbonyl (C=O) groups excluding carboxylic acids is 3. The lowest BCUT2D eigenvalue weighted by Gasteiger charge is -2.23. The van der Waals surface area contributed by atoms with E-state index in [2.05, 4.69) is 10.6 Å². The van der Waals surface area contributed by atoms with E-state index in [4.69, 9.17) is 13.9 Å². The number of nitrogens with one attached hydrogen (secondary N) is 2. The van der Waals surface area contributed by atoms with Gasteiger partial charge < -0.3 is 24.5 Å². The maximum absolute atomic E-state index is 13.3. The van der Waals surface area contributed by atoms with Gasteiger partial charge in [0.25, 0.3) is 0 Å². The average molecular weight is 569 g/mol. The summed E-state index contributed by atoms with van der Waals surface area (Å²) in [4.78, 5) is 50.8. The quantitative estimate of drug-likeness (QED) is 0.217. The third-order valence-electron chi connectivity index (χ3n) is 6.96. The maximum Gasteiger partial charge on any atom is 0.407 e. The molecule has 0 unspecified atom stereocenters. The number of ether oxygens (including phenoxy) is 2. The third-order valence-corrected chi connectivity index (χ3v) is 6.96. The highest BCUT2D eigenvalue weighted by molar-refractivity contribution is 6.00. The van der Waals surface area contributed by atoms with Crippen LogP contribution in [0.15, 0.2) is 82.0 Å². The van der Waals surface area contributed by atoms with Crippen LogP contribution in [0.5, 0.6) is 0 Å². The number of esters is 1. The highest BCUT2D eigenvalue weighted by atomic mass is 16.6. The van der Waals surface area contributed by atoms with Crippen molar-refractivity contribution in [3.63, 3.8) is 0 Å². The van der Waals surface area contributed by atoms with Crippen molar-refractivity contribution in [1.29, 1.82) is 0 Å². The number of hydrogen-bond acceptors (Lipinski definition) is 7. The number of aryl methyl sites for hydroxylation is 1. The molecule has 9 heteroatoms. The van der Waals surface area contributed by atoms with Gasteiger partial charge in [0.05, 0.1) is 6.42 Å². The second kappa shape index (κ2) is 11.5. The molecule has 1 aliphatic rings. The Balaban J connectivity index is 1.31. The zero-order valence-electron chi connectivity index (χ0n) is 23.9. The molecule has 1 heterocycles. The summed E-state index contributed by atoms with van der Waals surface area (Å²) in [6, 6.07) is 20.9. The largest absolute Gasteiger partial charge is 0.460 e. The molecule has 0 radical (unpaired) electrons. The van der Waals surface area contributed by atoms with Crippen molar-refractivity contribution in [2.45, 2.75) is 51.7 Å². The van der Waals surface area contributed by atoms with Crippen molar-refractivity contribution in [3.8, 4) is 11.1 Å². The van der Waals surface area contributed by atoms with Crippen LogP contribution in [-0.4, -0.2) is 36.2 Å². The van der Waals surface area contributed by atoms with Gasteiger partial charge >= 0.3 is 17.7 Å². The molecule has 4 aromatic rings. The Hall–Kier alpha value is -4.92. The summed E-state index contributed by atoms with van der Waals surface area (Å²) in [6.45, 7) is 6.97. The lowest BCUT2D eigenvalue weighted by Crippen LogP contribution is -2.46. The van der Waals surface area contributed by atoms with Gasteiger partial charge in [-0.05, 0) is 67.6 Å². The molecule has 42 heavy (non-hydrogen) atoms. The lowest BCUT2D eigenvalue weighted by atomic mass is 9.98. The van der Waals surface area contributed by atoms with Crippen LogP contribution in [0.1, 0.15) is 49.8 Å². The van der Waals surface area contributed by atoms with Gasteiger partial charge in [-0.15, -0.1) is 0 Å². The van der Waals surface area contributed by atoms with Gasteiger partial charge in [-0.1, -0.05) is 48.5 Å². The smallest absolute Gasteiger partial charge is 0.407 e. The van der Waals surface area contributed by atoms with Gasteiger partial charge in [-0.25, -0.2) is 9.59 Å². The minimum atomic E-state index is -1.30.